The number of piperidine rings is 1. The summed E-state index contributed by atoms with van der Waals surface area (Å²) in [5, 5.41) is 2.88. The molecule has 132 valence electrons. The van der Waals surface area contributed by atoms with Crippen molar-refractivity contribution < 1.29 is 19.1 Å². The van der Waals surface area contributed by atoms with Gasteiger partial charge >= 0.3 is 5.97 Å². The Kier molecular flexibility index (Phi) is 4.32. The van der Waals surface area contributed by atoms with Crippen molar-refractivity contribution in [2.75, 3.05) is 0 Å². The van der Waals surface area contributed by atoms with Gasteiger partial charge in [0.05, 0.1) is 0 Å². The summed E-state index contributed by atoms with van der Waals surface area (Å²) in [5.41, 5.74) is 2.26. The number of hydrogen-bond acceptors (Lipinski definition) is 4. The summed E-state index contributed by atoms with van der Waals surface area (Å²) in [6, 6.07) is 7.89. The zero-order chi connectivity index (χ0) is 17.4. The molecule has 5 nitrogen and oxygen atoms in total. The van der Waals surface area contributed by atoms with E-state index in [-0.39, 0.29) is 29.8 Å². The zero-order valence-electron chi connectivity index (χ0n) is 14.2. The second-order valence-electron chi connectivity index (χ2n) is 7.38. The van der Waals surface area contributed by atoms with Gasteiger partial charge in [-0.1, -0.05) is 24.3 Å². The predicted octanol–water partition coefficient (Wildman–Crippen LogP) is 2.48. The number of benzene rings is 1. The van der Waals surface area contributed by atoms with Crippen molar-refractivity contribution >= 4 is 17.7 Å². The van der Waals surface area contributed by atoms with E-state index >= 15 is 0 Å². The van der Waals surface area contributed by atoms with E-state index in [0.717, 1.165) is 37.7 Å². The molecule has 1 saturated heterocycles. The lowest BCUT2D eigenvalue weighted by atomic mass is 9.75. The van der Waals surface area contributed by atoms with Crippen molar-refractivity contribution in [3.05, 3.63) is 35.4 Å². The molecule has 1 aromatic carbocycles. The van der Waals surface area contributed by atoms with Crippen molar-refractivity contribution in [3.63, 3.8) is 0 Å². The summed E-state index contributed by atoms with van der Waals surface area (Å²) in [5.74, 6) is -1.71. The van der Waals surface area contributed by atoms with Gasteiger partial charge in [0.2, 0.25) is 5.91 Å². The van der Waals surface area contributed by atoms with Gasteiger partial charge in [0.1, 0.15) is 17.8 Å². The highest BCUT2D eigenvalue weighted by atomic mass is 16.5. The SMILES string of the molecule is O=C1NC2CCCC(=O)C2CC1C(=O)OC1CCCc2ccccc21. The molecular formula is C20H23NO4. The molecule has 1 amide bonds. The Morgan fingerprint density at radius 3 is 2.76 bits per heavy atom. The van der Waals surface area contributed by atoms with E-state index in [1.165, 1.54) is 5.56 Å². The highest BCUT2D eigenvalue weighted by Gasteiger charge is 2.45. The number of hydrogen-bond donors (Lipinski definition) is 1. The Hall–Kier alpha value is -2.17. The minimum atomic E-state index is -0.864. The van der Waals surface area contributed by atoms with Gasteiger partial charge in [0.15, 0.2) is 0 Å². The van der Waals surface area contributed by atoms with Gasteiger partial charge < -0.3 is 10.1 Å². The van der Waals surface area contributed by atoms with Crippen LogP contribution in [0.1, 0.15) is 55.8 Å². The molecule has 3 aliphatic rings. The van der Waals surface area contributed by atoms with Gasteiger partial charge in [-0.2, -0.15) is 0 Å². The summed E-state index contributed by atoms with van der Waals surface area (Å²) < 4.78 is 5.73. The fourth-order valence-electron chi connectivity index (χ4n) is 4.48. The van der Waals surface area contributed by atoms with Gasteiger partial charge in [-0.05, 0) is 49.7 Å². The summed E-state index contributed by atoms with van der Waals surface area (Å²) in [4.78, 5) is 37.2. The minimum absolute atomic E-state index is 0.104. The van der Waals surface area contributed by atoms with Gasteiger partial charge in [-0.25, -0.2) is 0 Å². The van der Waals surface area contributed by atoms with Crippen molar-refractivity contribution in [1.29, 1.82) is 0 Å². The number of ether oxygens (including phenoxy) is 1. The lowest BCUT2D eigenvalue weighted by Crippen LogP contribution is -2.55. The second-order valence-corrected chi connectivity index (χ2v) is 7.38. The van der Waals surface area contributed by atoms with Crippen LogP contribution in [0.15, 0.2) is 24.3 Å². The first-order valence-electron chi connectivity index (χ1n) is 9.25. The number of rotatable bonds is 2. The van der Waals surface area contributed by atoms with Crippen LogP contribution in [0.25, 0.3) is 0 Å². The molecule has 1 aromatic rings. The molecule has 4 atom stereocenters. The molecule has 1 N–H and O–H groups in total. The molecule has 25 heavy (non-hydrogen) atoms. The van der Waals surface area contributed by atoms with Gasteiger partial charge in [0, 0.05) is 18.4 Å². The number of nitrogens with one attached hydrogen (secondary N) is 1. The minimum Gasteiger partial charge on any atom is -0.457 e. The lowest BCUT2D eigenvalue weighted by molar-refractivity contribution is -0.161. The van der Waals surface area contributed by atoms with E-state index in [1.807, 2.05) is 18.2 Å². The van der Waals surface area contributed by atoms with Crippen LogP contribution in [0.4, 0.5) is 0 Å². The smallest absolute Gasteiger partial charge is 0.319 e. The maximum Gasteiger partial charge on any atom is 0.319 e. The first-order valence-corrected chi connectivity index (χ1v) is 9.25. The second kappa shape index (κ2) is 6.62. The Morgan fingerprint density at radius 1 is 1.08 bits per heavy atom. The van der Waals surface area contributed by atoms with Crippen LogP contribution >= 0.6 is 0 Å². The summed E-state index contributed by atoms with van der Waals surface area (Å²) in [6.45, 7) is 0. The third-order valence-electron chi connectivity index (χ3n) is 5.83. The average Bonchev–Trinajstić information content (AvgIpc) is 2.62. The van der Waals surface area contributed by atoms with Crippen LogP contribution in [0, 0.1) is 11.8 Å². The van der Waals surface area contributed by atoms with Crippen LogP contribution < -0.4 is 5.32 Å². The Labute approximate surface area is 147 Å². The van der Waals surface area contributed by atoms with Gasteiger partial charge in [0.25, 0.3) is 0 Å². The van der Waals surface area contributed by atoms with E-state index in [0.29, 0.717) is 12.8 Å². The number of aryl methyl sites for hydroxylation is 1. The molecular weight excluding hydrogens is 318 g/mol. The van der Waals surface area contributed by atoms with E-state index < -0.39 is 11.9 Å². The molecule has 0 spiro atoms. The predicted molar refractivity (Wildman–Crippen MR) is 90.6 cm³/mol. The average molecular weight is 341 g/mol. The highest BCUT2D eigenvalue weighted by Crippen LogP contribution is 2.35. The first-order chi connectivity index (χ1) is 12.1. The molecule has 1 heterocycles. The standard InChI is InChI=1S/C20H23NO4/c22-17-9-4-8-16-14(17)11-15(19(23)21-16)20(24)25-18-10-3-6-12-5-1-2-7-13(12)18/h1-2,5,7,14-16,18H,3-4,6,8-11H2,(H,21,23). The van der Waals surface area contributed by atoms with Crippen molar-refractivity contribution in [2.45, 2.75) is 57.1 Å². The number of fused-ring (bicyclic) bond motifs is 2. The largest absolute Gasteiger partial charge is 0.457 e. The summed E-state index contributed by atoms with van der Waals surface area (Å²) >= 11 is 0. The quantitative estimate of drug-likeness (QED) is 0.662. The molecule has 2 aliphatic carbocycles. The molecule has 0 bridgehead atoms. The number of esters is 1. The third kappa shape index (κ3) is 3.08. The maximum absolute atomic E-state index is 12.7. The fraction of sp³-hybridized carbons (Fsp3) is 0.550. The number of amides is 1. The molecule has 0 radical (unpaired) electrons. The highest BCUT2D eigenvalue weighted by molar-refractivity contribution is 6.00. The van der Waals surface area contributed by atoms with Crippen molar-refractivity contribution in [3.8, 4) is 0 Å². The Balaban J connectivity index is 1.48. The molecule has 1 aliphatic heterocycles. The molecule has 2 fully saturated rings. The third-order valence-corrected chi connectivity index (χ3v) is 5.83. The molecule has 0 aromatic heterocycles. The number of ketones is 1. The van der Waals surface area contributed by atoms with Crippen LogP contribution in [-0.4, -0.2) is 23.7 Å². The van der Waals surface area contributed by atoms with Crippen LogP contribution in [-0.2, 0) is 25.5 Å². The monoisotopic (exact) mass is 341 g/mol. The Morgan fingerprint density at radius 2 is 1.88 bits per heavy atom. The first kappa shape index (κ1) is 16.3. The van der Waals surface area contributed by atoms with Crippen LogP contribution in [0.3, 0.4) is 0 Å². The van der Waals surface area contributed by atoms with E-state index in [4.69, 9.17) is 4.74 Å². The molecule has 4 unspecified atom stereocenters. The van der Waals surface area contributed by atoms with Crippen molar-refractivity contribution in [1.82, 2.24) is 5.32 Å². The lowest BCUT2D eigenvalue weighted by Gasteiger charge is -2.38. The molecule has 1 saturated carbocycles. The van der Waals surface area contributed by atoms with Crippen LogP contribution in [0.5, 0.6) is 0 Å². The Bertz CT molecular complexity index is 713. The fourth-order valence-corrected chi connectivity index (χ4v) is 4.48. The summed E-state index contributed by atoms with van der Waals surface area (Å²) in [7, 11) is 0. The summed E-state index contributed by atoms with van der Waals surface area (Å²) in [6.07, 6.45) is 4.93. The topological polar surface area (TPSA) is 72.5 Å². The van der Waals surface area contributed by atoms with E-state index in [2.05, 4.69) is 11.4 Å². The zero-order valence-corrected chi connectivity index (χ0v) is 14.2. The normalized spacial score (nSPS) is 31.5. The van der Waals surface area contributed by atoms with E-state index in [1.54, 1.807) is 0 Å². The van der Waals surface area contributed by atoms with Crippen LogP contribution in [0.2, 0.25) is 0 Å². The number of carbonyl (C=O) groups excluding carboxylic acids is 3. The maximum atomic E-state index is 12.7. The van der Waals surface area contributed by atoms with Crippen molar-refractivity contribution in [2.24, 2.45) is 11.8 Å². The van der Waals surface area contributed by atoms with Gasteiger partial charge in [-0.15, -0.1) is 0 Å². The van der Waals surface area contributed by atoms with Gasteiger partial charge in [-0.3, -0.25) is 14.4 Å². The number of carbonyl (C=O) groups is 3. The molecule has 5 heteroatoms. The van der Waals surface area contributed by atoms with E-state index in [9.17, 15) is 14.4 Å². The molecule has 4 rings (SSSR count). The number of Topliss-reactive ketones (excluding diaryl/α,β-unsaturated/α-hetero) is 1.